The fraction of sp³-hybridized carbons (Fsp3) is 0.667. The molecule has 0 radical (unpaired) electrons. The molecule has 1 aromatic rings. The maximum Gasteiger partial charge on any atom is 0.0367 e. The SMILES string of the molecule is Cc1cccc(CC2CC(C(C)(C)C)CCC2Cl)c1. The lowest BCUT2D eigenvalue weighted by Crippen LogP contribution is -2.33. The van der Waals surface area contributed by atoms with Crippen LogP contribution in [0.2, 0.25) is 0 Å². The number of alkyl halides is 1. The van der Waals surface area contributed by atoms with Crippen LogP contribution >= 0.6 is 11.6 Å². The van der Waals surface area contributed by atoms with Crippen LogP contribution in [-0.4, -0.2) is 5.38 Å². The molecule has 1 aromatic carbocycles. The first kappa shape index (κ1) is 14.9. The lowest BCUT2D eigenvalue weighted by Gasteiger charge is -2.40. The van der Waals surface area contributed by atoms with Crippen molar-refractivity contribution in [2.75, 3.05) is 0 Å². The fourth-order valence-electron chi connectivity index (χ4n) is 3.37. The third-order valence-electron chi connectivity index (χ3n) is 4.69. The van der Waals surface area contributed by atoms with E-state index in [1.54, 1.807) is 0 Å². The van der Waals surface area contributed by atoms with Gasteiger partial charge in [0.25, 0.3) is 0 Å². The van der Waals surface area contributed by atoms with Gasteiger partial charge in [-0.3, -0.25) is 0 Å². The Balaban J connectivity index is 2.05. The molecule has 19 heavy (non-hydrogen) atoms. The van der Waals surface area contributed by atoms with Gasteiger partial charge in [0, 0.05) is 5.38 Å². The minimum Gasteiger partial charge on any atom is -0.123 e. The molecule has 3 atom stereocenters. The summed E-state index contributed by atoms with van der Waals surface area (Å²) in [7, 11) is 0. The van der Waals surface area contributed by atoms with Gasteiger partial charge in [0.1, 0.15) is 0 Å². The summed E-state index contributed by atoms with van der Waals surface area (Å²) in [5.41, 5.74) is 3.22. The summed E-state index contributed by atoms with van der Waals surface area (Å²) < 4.78 is 0. The highest BCUT2D eigenvalue weighted by atomic mass is 35.5. The van der Waals surface area contributed by atoms with E-state index in [-0.39, 0.29) is 0 Å². The van der Waals surface area contributed by atoms with Gasteiger partial charge in [-0.2, -0.15) is 0 Å². The Morgan fingerprint density at radius 2 is 1.95 bits per heavy atom. The van der Waals surface area contributed by atoms with Crippen molar-refractivity contribution in [3.63, 3.8) is 0 Å². The van der Waals surface area contributed by atoms with Crippen LogP contribution < -0.4 is 0 Å². The zero-order valence-electron chi connectivity index (χ0n) is 12.7. The van der Waals surface area contributed by atoms with Gasteiger partial charge in [-0.1, -0.05) is 50.6 Å². The van der Waals surface area contributed by atoms with Crippen LogP contribution in [0.5, 0.6) is 0 Å². The first-order chi connectivity index (χ1) is 8.86. The van der Waals surface area contributed by atoms with Crippen molar-refractivity contribution < 1.29 is 0 Å². The minimum atomic E-state index is 0.360. The highest BCUT2D eigenvalue weighted by Gasteiger charge is 2.34. The molecule has 0 amide bonds. The smallest absolute Gasteiger partial charge is 0.0367 e. The number of aryl methyl sites for hydroxylation is 1. The summed E-state index contributed by atoms with van der Waals surface area (Å²) >= 11 is 6.59. The summed E-state index contributed by atoms with van der Waals surface area (Å²) in [6.45, 7) is 9.28. The maximum atomic E-state index is 6.59. The molecule has 3 unspecified atom stereocenters. The molecule has 0 nitrogen and oxygen atoms in total. The molecule has 1 heteroatoms. The number of halogens is 1. The van der Waals surface area contributed by atoms with E-state index < -0.39 is 0 Å². The predicted molar refractivity (Wildman–Crippen MR) is 84.8 cm³/mol. The lowest BCUT2D eigenvalue weighted by atomic mass is 9.68. The summed E-state index contributed by atoms with van der Waals surface area (Å²) in [6, 6.07) is 8.89. The third kappa shape index (κ3) is 3.99. The predicted octanol–water partition coefficient (Wildman–Crippen LogP) is 5.61. The Labute approximate surface area is 123 Å². The van der Waals surface area contributed by atoms with Crippen LogP contribution in [0.25, 0.3) is 0 Å². The topological polar surface area (TPSA) is 0 Å². The van der Waals surface area contributed by atoms with Gasteiger partial charge >= 0.3 is 0 Å². The van der Waals surface area contributed by atoms with Gasteiger partial charge in [0.05, 0.1) is 0 Å². The molecule has 0 saturated heterocycles. The highest BCUT2D eigenvalue weighted by molar-refractivity contribution is 6.20. The molecule has 0 aromatic heterocycles. The molecule has 2 rings (SSSR count). The number of benzene rings is 1. The average molecular weight is 279 g/mol. The van der Waals surface area contributed by atoms with Crippen LogP contribution in [0.4, 0.5) is 0 Å². The van der Waals surface area contributed by atoms with Crippen molar-refractivity contribution >= 4 is 11.6 Å². The minimum absolute atomic E-state index is 0.360. The van der Waals surface area contributed by atoms with Gasteiger partial charge in [-0.15, -0.1) is 11.6 Å². The summed E-state index contributed by atoms with van der Waals surface area (Å²) in [5.74, 6) is 1.46. The van der Waals surface area contributed by atoms with E-state index in [0.717, 1.165) is 12.3 Å². The van der Waals surface area contributed by atoms with Crippen molar-refractivity contribution in [1.82, 2.24) is 0 Å². The standard InChI is InChI=1S/C18H27Cl/c1-13-6-5-7-14(10-13)11-15-12-16(18(2,3)4)8-9-17(15)19/h5-7,10,15-17H,8-9,11-12H2,1-4H3. The molecule has 1 aliphatic carbocycles. The molecule has 1 fully saturated rings. The van der Waals surface area contributed by atoms with Crippen molar-refractivity contribution in [1.29, 1.82) is 0 Å². The fourth-order valence-corrected chi connectivity index (χ4v) is 3.68. The Bertz CT molecular complexity index is 416. The normalized spacial score (nSPS) is 28.4. The van der Waals surface area contributed by atoms with Crippen LogP contribution in [0.3, 0.4) is 0 Å². The molecule has 0 spiro atoms. The highest BCUT2D eigenvalue weighted by Crippen LogP contribution is 2.43. The molecular weight excluding hydrogens is 252 g/mol. The molecule has 0 N–H and O–H groups in total. The quantitative estimate of drug-likeness (QED) is 0.617. The van der Waals surface area contributed by atoms with Crippen LogP contribution in [-0.2, 0) is 6.42 Å². The second-order valence-corrected chi connectivity index (χ2v) is 7.91. The zero-order chi connectivity index (χ0) is 14.0. The molecule has 0 aliphatic heterocycles. The Kier molecular flexibility index (Phi) is 4.61. The Morgan fingerprint density at radius 3 is 2.58 bits per heavy atom. The molecule has 1 aliphatic rings. The van der Waals surface area contributed by atoms with E-state index in [9.17, 15) is 0 Å². The van der Waals surface area contributed by atoms with Crippen LogP contribution in [0, 0.1) is 24.2 Å². The summed E-state index contributed by atoms with van der Waals surface area (Å²) in [4.78, 5) is 0. The molecule has 0 bridgehead atoms. The summed E-state index contributed by atoms with van der Waals surface area (Å²) in [6.07, 6.45) is 4.90. The largest absolute Gasteiger partial charge is 0.123 e. The van der Waals surface area contributed by atoms with Gasteiger partial charge < -0.3 is 0 Å². The van der Waals surface area contributed by atoms with Gasteiger partial charge in [0.15, 0.2) is 0 Å². The van der Waals surface area contributed by atoms with Gasteiger partial charge in [-0.05, 0) is 55.4 Å². The molecular formula is C18H27Cl. The Hall–Kier alpha value is -0.490. The van der Waals surface area contributed by atoms with Gasteiger partial charge in [0.2, 0.25) is 0 Å². The Morgan fingerprint density at radius 1 is 1.21 bits per heavy atom. The van der Waals surface area contributed by atoms with Crippen LogP contribution in [0.15, 0.2) is 24.3 Å². The van der Waals surface area contributed by atoms with Crippen molar-refractivity contribution in [2.24, 2.45) is 17.3 Å². The molecule has 1 saturated carbocycles. The van der Waals surface area contributed by atoms with E-state index in [0.29, 0.717) is 16.7 Å². The second-order valence-electron chi connectivity index (χ2n) is 7.35. The van der Waals surface area contributed by atoms with Crippen molar-refractivity contribution in [3.05, 3.63) is 35.4 Å². The molecule has 106 valence electrons. The van der Waals surface area contributed by atoms with Gasteiger partial charge in [-0.25, -0.2) is 0 Å². The molecule has 0 heterocycles. The third-order valence-corrected chi connectivity index (χ3v) is 5.27. The lowest BCUT2D eigenvalue weighted by molar-refractivity contribution is 0.144. The first-order valence-electron chi connectivity index (χ1n) is 7.56. The number of hydrogen-bond donors (Lipinski definition) is 0. The van der Waals surface area contributed by atoms with E-state index in [1.807, 2.05) is 0 Å². The average Bonchev–Trinajstić information content (AvgIpc) is 2.30. The zero-order valence-corrected chi connectivity index (χ0v) is 13.5. The van der Waals surface area contributed by atoms with E-state index in [2.05, 4.69) is 52.0 Å². The number of hydrogen-bond acceptors (Lipinski definition) is 0. The maximum absolute atomic E-state index is 6.59. The van der Waals surface area contributed by atoms with E-state index >= 15 is 0 Å². The van der Waals surface area contributed by atoms with Crippen molar-refractivity contribution in [2.45, 2.75) is 58.8 Å². The van der Waals surface area contributed by atoms with Crippen LogP contribution in [0.1, 0.15) is 51.2 Å². The van der Waals surface area contributed by atoms with Crippen molar-refractivity contribution in [3.8, 4) is 0 Å². The van der Waals surface area contributed by atoms with E-state index in [1.165, 1.54) is 30.4 Å². The first-order valence-corrected chi connectivity index (χ1v) is 7.99. The van der Waals surface area contributed by atoms with E-state index in [4.69, 9.17) is 11.6 Å². The monoisotopic (exact) mass is 278 g/mol. The number of rotatable bonds is 2. The second kappa shape index (κ2) is 5.87. The summed E-state index contributed by atoms with van der Waals surface area (Å²) in [5, 5.41) is 0.360.